The Morgan fingerprint density at radius 1 is 1.17 bits per heavy atom. The molecular weight excluding hydrogens is 310 g/mol. The Morgan fingerprint density at radius 3 is 2.54 bits per heavy atom. The lowest BCUT2D eigenvalue weighted by Crippen LogP contribution is -2.50. The van der Waals surface area contributed by atoms with Gasteiger partial charge in [0.1, 0.15) is 0 Å². The third-order valence-electron chi connectivity index (χ3n) is 4.87. The van der Waals surface area contributed by atoms with E-state index in [4.69, 9.17) is 5.11 Å². The van der Waals surface area contributed by atoms with Gasteiger partial charge in [-0.2, -0.15) is 0 Å². The van der Waals surface area contributed by atoms with Crippen LogP contribution in [0, 0.1) is 17.8 Å². The van der Waals surface area contributed by atoms with E-state index >= 15 is 0 Å². The van der Waals surface area contributed by atoms with Gasteiger partial charge in [0, 0.05) is 25.7 Å². The molecule has 2 fully saturated rings. The van der Waals surface area contributed by atoms with Crippen LogP contribution in [-0.2, 0) is 9.59 Å². The number of hydrogen-bond acceptors (Lipinski definition) is 3. The first kappa shape index (κ1) is 18.5. The zero-order chi connectivity index (χ0) is 17.7. The van der Waals surface area contributed by atoms with E-state index in [1.165, 1.54) is 0 Å². The van der Waals surface area contributed by atoms with Crippen LogP contribution in [0.2, 0.25) is 0 Å². The molecule has 0 aromatic rings. The van der Waals surface area contributed by atoms with Gasteiger partial charge in [-0.3, -0.25) is 9.59 Å². The standard InChI is InChI=1S/C17H29N3O4/c1-11(2)9-18-17(24)20-7-3-4-13(10-20)15(21)19-14-6-5-12(8-14)16(22)23/h11-14H,3-10H2,1-2H3,(H,18,24)(H,19,21)(H,22,23)/t12-,13?,14+/m0/s1. The van der Waals surface area contributed by atoms with Crippen LogP contribution in [0.15, 0.2) is 0 Å². The molecule has 0 bridgehead atoms. The number of rotatable bonds is 5. The fourth-order valence-electron chi connectivity index (χ4n) is 3.43. The molecule has 1 heterocycles. The number of carboxylic acids is 1. The average Bonchev–Trinajstić information content (AvgIpc) is 3.01. The summed E-state index contributed by atoms with van der Waals surface area (Å²) in [6, 6.07) is -0.156. The van der Waals surface area contributed by atoms with Gasteiger partial charge in [-0.1, -0.05) is 13.8 Å². The van der Waals surface area contributed by atoms with Crippen molar-refractivity contribution in [2.45, 2.75) is 52.0 Å². The summed E-state index contributed by atoms with van der Waals surface area (Å²) in [6.07, 6.45) is 3.43. The van der Waals surface area contributed by atoms with Gasteiger partial charge in [-0.15, -0.1) is 0 Å². The molecule has 1 unspecified atom stereocenters. The fourth-order valence-corrected chi connectivity index (χ4v) is 3.43. The van der Waals surface area contributed by atoms with Crippen molar-refractivity contribution in [1.82, 2.24) is 15.5 Å². The van der Waals surface area contributed by atoms with E-state index < -0.39 is 5.97 Å². The second-order valence-corrected chi connectivity index (χ2v) is 7.42. The van der Waals surface area contributed by atoms with Crippen LogP contribution in [-0.4, -0.2) is 53.6 Å². The predicted molar refractivity (Wildman–Crippen MR) is 89.4 cm³/mol. The fraction of sp³-hybridized carbons (Fsp3) is 0.824. The maximum Gasteiger partial charge on any atom is 0.317 e. The number of carboxylic acid groups (broad SMARTS) is 1. The first-order chi connectivity index (χ1) is 11.4. The summed E-state index contributed by atoms with van der Waals surface area (Å²) in [4.78, 5) is 37.3. The SMILES string of the molecule is CC(C)CNC(=O)N1CCCC(C(=O)N[C@@H]2CC[C@H](C(=O)O)C2)C1. The second-order valence-electron chi connectivity index (χ2n) is 7.42. The summed E-state index contributed by atoms with van der Waals surface area (Å²) in [5.41, 5.74) is 0. The van der Waals surface area contributed by atoms with E-state index in [9.17, 15) is 14.4 Å². The number of urea groups is 1. The lowest BCUT2D eigenvalue weighted by atomic mass is 9.97. The van der Waals surface area contributed by atoms with Crippen LogP contribution < -0.4 is 10.6 Å². The van der Waals surface area contributed by atoms with Gasteiger partial charge in [-0.25, -0.2) is 4.79 Å². The molecule has 1 aliphatic heterocycles. The Hall–Kier alpha value is -1.79. The summed E-state index contributed by atoms with van der Waals surface area (Å²) >= 11 is 0. The van der Waals surface area contributed by atoms with Crippen LogP contribution in [0.1, 0.15) is 46.0 Å². The highest BCUT2D eigenvalue weighted by molar-refractivity contribution is 5.81. The van der Waals surface area contributed by atoms with Gasteiger partial charge in [0.25, 0.3) is 0 Å². The summed E-state index contributed by atoms with van der Waals surface area (Å²) in [7, 11) is 0. The first-order valence-electron chi connectivity index (χ1n) is 8.92. The largest absolute Gasteiger partial charge is 0.481 e. The molecule has 7 heteroatoms. The molecule has 7 nitrogen and oxygen atoms in total. The van der Waals surface area contributed by atoms with Gasteiger partial charge < -0.3 is 20.6 Å². The summed E-state index contributed by atoms with van der Waals surface area (Å²) in [6.45, 7) is 5.82. The Kier molecular flexibility index (Phi) is 6.45. The summed E-state index contributed by atoms with van der Waals surface area (Å²) in [5, 5.41) is 14.9. The minimum absolute atomic E-state index is 0.0487. The van der Waals surface area contributed by atoms with Crippen molar-refractivity contribution in [2.24, 2.45) is 17.8 Å². The number of carbonyl (C=O) groups excluding carboxylic acids is 2. The summed E-state index contributed by atoms with van der Waals surface area (Å²) < 4.78 is 0. The lowest BCUT2D eigenvalue weighted by molar-refractivity contribution is -0.141. The number of likely N-dealkylation sites (tertiary alicyclic amines) is 1. The van der Waals surface area contributed by atoms with Gasteiger partial charge in [0.05, 0.1) is 11.8 Å². The van der Waals surface area contributed by atoms with Crippen molar-refractivity contribution in [3.63, 3.8) is 0 Å². The number of nitrogens with one attached hydrogen (secondary N) is 2. The molecule has 24 heavy (non-hydrogen) atoms. The van der Waals surface area contributed by atoms with E-state index in [1.54, 1.807) is 4.90 Å². The van der Waals surface area contributed by atoms with Crippen molar-refractivity contribution in [3.05, 3.63) is 0 Å². The molecule has 0 radical (unpaired) electrons. The van der Waals surface area contributed by atoms with E-state index in [1.807, 2.05) is 13.8 Å². The molecule has 2 rings (SSSR count). The topological polar surface area (TPSA) is 98.7 Å². The Bertz CT molecular complexity index is 480. The molecular formula is C17H29N3O4. The molecule has 2 aliphatic rings. The quantitative estimate of drug-likeness (QED) is 0.706. The summed E-state index contributed by atoms with van der Waals surface area (Å²) in [5.74, 6) is -0.986. The molecule has 1 saturated heterocycles. The zero-order valence-electron chi connectivity index (χ0n) is 14.6. The number of nitrogens with zero attached hydrogens (tertiary/aromatic N) is 1. The van der Waals surface area contributed by atoms with E-state index in [2.05, 4.69) is 10.6 Å². The number of aliphatic carboxylic acids is 1. The van der Waals surface area contributed by atoms with Crippen LogP contribution in [0.5, 0.6) is 0 Å². The Balaban J connectivity index is 1.80. The van der Waals surface area contributed by atoms with Crippen LogP contribution in [0.4, 0.5) is 4.79 Å². The first-order valence-corrected chi connectivity index (χ1v) is 8.92. The maximum atomic E-state index is 12.4. The highest BCUT2D eigenvalue weighted by atomic mass is 16.4. The third-order valence-corrected chi connectivity index (χ3v) is 4.87. The lowest BCUT2D eigenvalue weighted by Gasteiger charge is -2.32. The highest BCUT2D eigenvalue weighted by Crippen LogP contribution is 2.26. The van der Waals surface area contributed by atoms with Gasteiger partial charge >= 0.3 is 12.0 Å². The van der Waals surface area contributed by atoms with Crippen molar-refractivity contribution in [2.75, 3.05) is 19.6 Å². The second kappa shape index (κ2) is 8.35. The zero-order valence-corrected chi connectivity index (χ0v) is 14.6. The van der Waals surface area contributed by atoms with E-state index in [0.29, 0.717) is 44.8 Å². The van der Waals surface area contributed by atoms with E-state index in [-0.39, 0.29) is 29.8 Å². The Morgan fingerprint density at radius 2 is 1.92 bits per heavy atom. The molecule has 1 saturated carbocycles. The molecule has 3 amide bonds. The smallest absolute Gasteiger partial charge is 0.317 e. The molecule has 3 atom stereocenters. The number of hydrogen-bond donors (Lipinski definition) is 3. The minimum atomic E-state index is -0.780. The number of amides is 3. The van der Waals surface area contributed by atoms with Crippen LogP contribution in [0.3, 0.4) is 0 Å². The van der Waals surface area contributed by atoms with Crippen LogP contribution in [0.25, 0.3) is 0 Å². The van der Waals surface area contributed by atoms with Crippen molar-refractivity contribution in [1.29, 1.82) is 0 Å². The minimum Gasteiger partial charge on any atom is -0.481 e. The molecule has 136 valence electrons. The molecule has 0 spiro atoms. The maximum absolute atomic E-state index is 12.4. The molecule has 0 aromatic heterocycles. The van der Waals surface area contributed by atoms with Gasteiger partial charge in [-0.05, 0) is 38.0 Å². The van der Waals surface area contributed by atoms with E-state index in [0.717, 1.165) is 12.8 Å². The van der Waals surface area contributed by atoms with Crippen LogP contribution >= 0.6 is 0 Å². The Labute approximate surface area is 143 Å². The monoisotopic (exact) mass is 339 g/mol. The average molecular weight is 339 g/mol. The molecule has 0 aromatic carbocycles. The van der Waals surface area contributed by atoms with Crippen molar-refractivity contribution >= 4 is 17.9 Å². The molecule has 1 aliphatic carbocycles. The predicted octanol–water partition coefficient (Wildman–Crippen LogP) is 1.43. The molecule has 3 N–H and O–H groups in total. The third kappa shape index (κ3) is 5.11. The highest BCUT2D eigenvalue weighted by Gasteiger charge is 2.33. The number of piperidine rings is 1. The van der Waals surface area contributed by atoms with Crippen molar-refractivity contribution < 1.29 is 19.5 Å². The van der Waals surface area contributed by atoms with Crippen molar-refractivity contribution in [3.8, 4) is 0 Å². The number of carbonyl (C=O) groups is 3. The van der Waals surface area contributed by atoms with Gasteiger partial charge in [0.15, 0.2) is 0 Å². The van der Waals surface area contributed by atoms with Gasteiger partial charge in [0.2, 0.25) is 5.91 Å². The normalized spacial score (nSPS) is 27.1.